The number of oxazole rings is 1. The molecule has 1 atom stereocenters. The minimum atomic E-state index is -0.395. The smallest absolute Gasteiger partial charge is 0.292 e. The van der Waals surface area contributed by atoms with Crippen molar-refractivity contribution in [3.63, 3.8) is 0 Å². The highest BCUT2D eigenvalue weighted by molar-refractivity contribution is 5.96. The molecule has 4 rings (SSSR count). The number of rotatable bonds is 3. The average Bonchev–Trinajstić information content (AvgIpc) is 3.43. The molecular weight excluding hydrogens is 322 g/mol. The lowest BCUT2D eigenvalue weighted by atomic mass is 10.00. The molecule has 0 aromatic carbocycles. The summed E-state index contributed by atoms with van der Waals surface area (Å²) in [5, 5.41) is 0. The number of hydrogen-bond donors (Lipinski definition) is 0. The maximum Gasteiger partial charge on any atom is 0.292 e. The normalized spacial score (nSPS) is 24.4. The van der Waals surface area contributed by atoms with Crippen molar-refractivity contribution >= 4 is 11.8 Å². The number of nitrogens with zero attached hydrogens (tertiary/aromatic N) is 3. The minimum Gasteiger partial charge on any atom is -0.435 e. The van der Waals surface area contributed by atoms with Crippen molar-refractivity contribution in [1.29, 1.82) is 0 Å². The zero-order valence-corrected chi connectivity index (χ0v) is 14.7. The highest BCUT2D eigenvalue weighted by Crippen LogP contribution is 2.40. The fourth-order valence-corrected chi connectivity index (χ4v) is 3.68. The topological polar surface area (TPSA) is 75.9 Å². The third kappa shape index (κ3) is 3.29. The number of ether oxygens (including phenoxy) is 1. The molecule has 1 aromatic rings. The molecular formula is C18H25N3O4. The van der Waals surface area contributed by atoms with E-state index in [4.69, 9.17) is 9.15 Å². The lowest BCUT2D eigenvalue weighted by molar-refractivity contribution is -0.141. The van der Waals surface area contributed by atoms with Crippen molar-refractivity contribution in [3.8, 4) is 0 Å². The molecule has 7 heteroatoms. The number of amides is 2. The zero-order valence-electron chi connectivity index (χ0n) is 14.7. The molecule has 2 amide bonds. The van der Waals surface area contributed by atoms with Crippen LogP contribution in [0.25, 0.3) is 0 Å². The van der Waals surface area contributed by atoms with E-state index in [-0.39, 0.29) is 11.8 Å². The van der Waals surface area contributed by atoms with Crippen LogP contribution < -0.4 is 0 Å². The first-order chi connectivity index (χ1) is 12.1. The molecule has 0 unspecified atom stereocenters. The molecule has 1 saturated carbocycles. The fraction of sp³-hybridized carbons (Fsp3) is 0.722. The molecule has 1 aromatic heterocycles. The maximum absolute atomic E-state index is 13.1. The summed E-state index contributed by atoms with van der Waals surface area (Å²) in [5.74, 6) is 1.20. The van der Waals surface area contributed by atoms with Crippen molar-refractivity contribution < 1.29 is 18.7 Å². The molecule has 0 bridgehead atoms. The van der Waals surface area contributed by atoms with E-state index in [0.717, 1.165) is 25.7 Å². The van der Waals surface area contributed by atoms with Gasteiger partial charge in [-0.05, 0) is 39.0 Å². The van der Waals surface area contributed by atoms with Crippen molar-refractivity contribution in [2.45, 2.75) is 51.0 Å². The van der Waals surface area contributed by atoms with Gasteiger partial charge in [-0.25, -0.2) is 4.98 Å². The summed E-state index contributed by atoms with van der Waals surface area (Å²) in [6.07, 6.45) is 4.75. The van der Waals surface area contributed by atoms with E-state index in [9.17, 15) is 9.59 Å². The number of aryl methyl sites for hydroxylation is 1. The number of carbonyl (C=O) groups excluding carboxylic acids is 2. The van der Waals surface area contributed by atoms with E-state index >= 15 is 0 Å². The van der Waals surface area contributed by atoms with Crippen LogP contribution in [0, 0.1) is 6.92 Å². The summed E-state index contributed by atoms with van der Waals surface area (Å²) in [6, 6.07) is -0.395. The van der Waals surface area contributed by atoms with Crippen LogP contribution in [0.15, 0.2) is 4.42 Å². The van der Waals surface area contributed by atoms with Crippen molar-refractivity contribution in [2.24, 2.45) is 0 Å². The molecule has 0 radical (unpaired) electrons. The van der Waals surface area contributed by atoms with Crippen LogP contribution in [-0.4, -0.2) is 65.5 Å². The molecule has 1 aliphatic carbocycles. The Morgan fingerprint density at radius 3 is 2.56 bits per heavy atom. The van der Waals surface area contributed by atoms with Gasteiger partial charge in [0, 0.05) is 25.6 Å². The van der Waals surface area contributed by atoms with Crippen LogP contribution in [0.4, 0.5) is 0 Å². The number of hydrogen-bond acceptors (Lipinski definition) is 5. The summed E-state index contributed by atoms with van der Waals surface area (Å²) in [6.45, 7) is 4.75. The predicted molar refractivity (Wildman–Crippen MR) is 89.3 cm³/mol. The Balaban J connectivity index is 1.53. The van der Waals surface area contributed by atoms with Gasteiger partial charge in [0.1, 0.15) is 6.04 Å². The number of piperidine rings is 1. The van der Waals surface area contributed by atoms with E-state index in [1.165, 1.54) is 0 Å². The minimum absolute atomic E-state index is 0.0379. The Morgan fingerprint density at radius 1 is 1.08 bits per heavy atom. The predicted octanol–water partition coefficient (Wildman–Crippen LogP) is 1.71. The van der Waals surface area contributed by atoms with Crippen LogP contribution in [0.3, 0.4) is 0 Å². The monoisotopic (exact) mass is 347 g/mol. The molecule has 0 N–H and O–H groups in total. The third-order valence-electron chi connectivity index (χ3n) is 5.31. The zero-order chi connectivity index (χ0) is 17.4. The van der Waals surface area contributed by atoms with Crippen molar-refractivity contribution in [1.82, 2.24) is 14.8 Å². The Hall–Kier alpha value is -1.89. The van der Waals surface area contributed by atoms with Crippen LogP contribution in [0.5, 0.6) is 0 Å². The summed E-state index contributed by atoms with van der Waals surface area (Å²) >= 11 is 0. The van der Waals surface area contributed by atoms with Gasteiger partial charge in [-0.15, -0.1) is 0 Å². The summed E-state index contributed by atoms with van der Waals surface area (Å²) in [5.41, 5.74) is 0.634. The summed E-state index contributed by atoms with van der Waals surface area (Å²) in [7, 11) is 0. The maximum atomic E-state index is 13.1. The average molecular weight is 347 g/mol. The van der Waals surface area contributed by atoms with Gasteiger partial charge >= 0.3 is 0 Å². The second kappa shape index (κ2) is 6.78. The lowest BCUT2D eigenvalue weighted by Crippen LogP contribution is -2.55. The number of aromatic nitrogens is 1. The molecule has 3 aliphatic rings. The van der Waals surface area contributed by atoms with E-state index < -0.39 is 6.04 Å². The Kier molecular flexibility index (Phi) is 4.50. The number of carbonyl (C=O) groups is 2. The van der Waals surface area contributed by atoms with E-state index in [1.54, 1.807) is 4.90 Å². The van der Waals surface area contributed by atoms with Crippen LogP contribution in [0.1, 0.15) is 60.2 Å². The first-order valence-corrected chi connectivity index (χ1v) is 9.30. The number of likely N-dealkylation sites (tertiary alicyclic amines) is 1. The van der Waals surface area contributed by atoms with Gasteiger partial charge in [0.15, 0.2) is 5.89 Å². The van der Waals surface area contributed by atoms with Crippen LogP contribution >= 0.6 is 0 Å². The third-order valence-corrected chi connectivity index (χ3v) is 5.31. The molecule has 136 valence electrons. The molecule has 2 saturated heterocycles. The first-order valence-electron chi connectivity index (χ1n) is 9.30. The van der Waals surface area contributed by atoms with Crippen LogP contribution in [0.2, 0.25) is 0 Å². The molecule has 0 spiro atoms. The second-order valence-electron chi connectivity index (χ2n) is 7.19. The Morgan fingerprint density at radius 2 is 1.84 bits per heavy atom. The molecule has 7 nitrogen and oxygen atoms in total. The van der Waals surface area contributed by atoms with Crippen molar-refractivity contribution in [3.05, 3.63) is 17.3 Å². The molecule has 2 aliphatic heterocycles. The van der Waals surface area contributed by atoms with Gasteiger partial charge in [0.2, 0.25) is 11.7 Å². The fourth-order valence-electron chi connectivity index (χ4n) is 3.68. The standard InChI is InChI=1S/C18H25N3O4/c1-12-15(25-16(19-12)13-5-6-13)18(23)21-7-3-2-4-14(21)17(22)20-8-10-24-11-9-20/h13-14H,2-11H2,1H3/t14-/m0/s1. The summed E-state index contributed by atoms with van der Waals surface area (Å²) in [4.78, 5) is 34.0. The lowest BCUT2D eigenvalue weighted by Gasteiger charge is -2.38. The highest BCUT2D eigenvalue weighted by atomic mass is 16.5. The van der Waals surface area contributed by atoms with Gasteiger partial charge in [0.05, 0.1) is 18.9 Å². The Labute approximate surface area is 147 Å². The molecule has 3 fully saturated rings. The van der Waals surface area contributed by atoms with Gasteiger partial charge in [-0.3, -0.25) is 9.59 Å². The molecule has 25 heavy (non-hydrogen) atoms. The second-order valence-corrected chi connectivity index (χ2v) is 7.19. The Bertz CT molecular complexity index is 661. The van der Waals surface area contributed by atoms with Crippen molar-refractivity contribution in [2.75, 3.05) is 32.8 Å². The quantitative estimate of drug-likeness (QED) is 0.832. The van der Waals surface area contributed by atoms with Gasteiger partial charge in [-0.2, -0.15) is 0 Å². The largest absolute Gasteiger partial charge is 0.435 e. The highest BCUT2D eigenvalue weighted by Gasteiger charge is 2.38. The van der Waals surface area contributed by atoms with E-state index in [2.05, 4.69) is 4.98 Å². The summed E-state index contributed by atoms with van der Waals surface area (Å²) < 4.78 is 11.1. The SMILES string of the molecule is Cc1nc(C2CC2)oc1C(=O)N1CCCC[C@H]1C(=O)N1CCOCC1. The molecule has 3 heterocycles. The first kappa shape index (κ1) is 16.6. The van der Waals surface area contributed by atoms with Gasteiger partial charge < -0.3 is 19.0 Å². The van der Waals surface area contributed by atoms with Gasteiger partial charge in [0.25, 0.3) is 5.91 Å². The van der Waals surface area contributed by atoms with Crippen LogP contribution in [-0.2, 0) is 9.53 Å². The van der Waals surface area contributed by atoms with E-state index in [1.807, 2.05) is 11.8 Å². The number of morpholine rings is 1. The van der Waals surface area contributed by atoms with E-state index in [0.29, 0.717) is 62.5 Å². The van der Waals surface area contributed by atoms with Gasteiger partial charge in [-0.1, -0.05) is 0 Å².